The van der Waals surface area contributed by atoms with Gasteiger partial charge in [0, 0.05) is 6.04 Å². The van der Waals surface area contributed by atoms with Crippen molar-refractivity contribution in [1.29, 1.82) is 0 Å². The maximum atomic E-state index is 10.2. The van der Waals surface area contributed by atoms with E-state index < -0.39 is 10.3 Å². The zero-order valence-electron chi connectivity index (χ0n) is 6.33. The second-order valence-electron chi connectivity index (χ2n) is 2.63. The first-order valence-electron chi connectivity index (χ1n) is 3.07. The highest BCUT2D eigenvalue weighted by Gasteiger charge is 2.12. The van der Waals surface area contributed by atoms with Crippen LogP contribution in [0.2, 0.25) is 0 Å². The number of rotatable bonds is 3. The first-order valence-corrected chi connectivity index (χ1v) is 4.51. The predicted molar refractivity (Wildman–Crippen MR) is 39.0 cm³/mol. The maximum Gasteiger partial charge on any atom is 0.333 e. The van der Waals surface area contributed by atoms with Gasteiger partial charge in [-0.2, -0.15) is 13.1 Å². The first kappa shape index (κ1) is 9.87. The van der Waals surface area contributed by atoms with Gasteiger partial charge in [-0.15, -0.1) is 0 Å². The fourth-order valence-corrected chi connectivity index (χ4v) is 1.11. The van der Waals surface area contributed by atoms with Crippen molar-refractivity contribution in [2.45, 2.75) is 26.8 Å². The molecule has 0 fully saturated rings. The van der Waals surface area contributed by atoms with E-state index in [0.717, 1.165) is 0 Å². The van der Waals surface area contributed by atoms with Crippen molar-refractivity contribution < 1.29 is 13.0 Å². The zero-order chi connectivity index (χ0) is 8.36. The Bertz CT molecular complexity index is 185. The molecule has 0 aliphatic rings. The van der Waals surface area contributed by atoms with Crippen LogP contribution in [0.1, 0.15) is 20.8 Å². The topological polar surface area (TPSA) is 66.4 Å². The Hall–Kier alpha value is -0.130. The highest BCUT2D eigenvalue weighted by atomic mass is 32.2. The van der Waals surface area contributed by atoms with Gasteiger partial charge in [-0.1, -0.05) is 13.8 Å². The van der Waals surface area contributed by atoms with Gasteiger partial charge in [-0.25, -0.2) is 0 Å². The number of hydrogen-bond donors (Lipinski definition) is 2. The Morgan fingerprint density at radius 2 is 1.70 bits per heavy atom. The van der Waals surface area contributed by atoms with E-state index in [2.05, 4.69) is 0 Å². The monoisotopic (exact) mass is 167 g/mol. The summed E-state index contributed by atoms with van der Waals surface area (Å²) in [6, 6.07) is -0.227. The van der Waals surface area contributed by atoms with Gasteiger partial charge in [0.25, 0.3) is 0 Å². The standard InChI is InChI=1S/C5H13NO3S/c1-4(2)5(3)6-10(7,8)9/h4-6H,1-3H3,(H,7,8,9). The molecule has 0 aromatic carbocycles. The minimum atomic E-state index is -4.02. The van der Waals surface area contributed by atoms with Crippen LogP contribution in [-0.2, 0) is 10.3 Å². The Kier molecular flexibility index (Phi) is 3.27. The molecule has 0 heterocycles. The SMILES string of the molecule is CC(C)C(C)NS(=O)(=O)O. The molecule has 1 atom stereocenters. The van der Waals surface area contributed by atoms with Gasteiger partial charge in [0.2, 0.25) is 0 Å². The zero-order valence-corrected chi connectivity index (χ0v) is 7.14. The highest BCUT2D eigenvalue weighted by molar-refractivity contribution is 7.83. The van der Waals surface area contributed by atoms with Crippen LogP contribution >= 0.6 is 0 Å². The van der Waals surface area contributed by atoms with Gasteiger partial charge in [0.1, 0.15) is 0 Å². The predicted octanol–water partition coefficient (Wildman–Crippen LogP) is 0.423. The molecule has 5 heteroatoms. The van der Waals surface area contributed by atoms with Crippen LogP contribution in [0.3, 0.4) is 0 Å². The van der Waals surface area contributed by atoms with Gasteiger partial charge >= 0.3 is 10.3 Å². The minimum absolute atomic E-state index is 0.182. The van der Waals surface area contributed by atoms with Crippen LogP contribution in [0.4, 0.5) is 0 Å². The summed E-state index contributed by atoms with van der Waals surface area (Å²) in [6.45, 7) is 5.42. The van der Waals surface area contributed by atoms with Gasteiger partial charge in [0.05, 0.1) is 0 Å². The second-order valence-corrected chi connectivity index (χ2v) is 3.81. The summed E-state index contributed by atoms with van der Waals surface area (Å²) in [7, 11) is -4.02. The fraction of sp³-hybridized carbons (Fsp3) is 1.00. The molecule has 0 rings (SSSR count). The summed E-state index contributed by atoms with van der Waals surface area (Å²) >= 11 is 0. The molecule has 0 spiro atoms. The normalized spacial score (nSPS) is 15.7. The van der Waals surface area contributed by atoms with Crippen molar-refractivity contribution in [3.8, 4) is 0 Å². The van der Waals surface area contributed by atoms with Crippen LogP contribution in [0.5, 0.6) is 0 Å². The van der Waals surface area contributed by atoms with E-state index in [9.17, 15) is 8.42 Å². The maximum absolute atomic E-state index is 10.2. The van der Waals surface area contributed by atoms with Crippen LogP contribution in [0.25, 0.3) is 0 Å². The van der Waals surface area contributed by atoms with E-state index in [-0.39, 0.29) is 12.0 Å². The molecule has 2 N–H and O–H groups in total. The largest absolute Gasteiger partial charge is 0.333 e. The van der Waals surface area contributed by atoms with Gasteiger partial charge in [-0.05, 0) is 12.8 Å². The van der Waals surface area contributed by atoms with Gasteiger partial charge in [-0.3, -0.25) is 4.55 Å². The molecule has 62 valence electrons. The second kappa shape index (κ2) is 3.32. The Labute approximate surface area is 61.5 Å². The van der Waals surface area contributed by atoms with Crippen LogP contribution in [0, 0.1) is 5.92 Å². The van der Waals surface area contributed by atoms with Crippen LogP contribution in [-0.4, -0.2) is 19.0 Å². The van der Waals surface area contributed by atoms with Gasteiger partial charge < -0.3 is 0 Å². The minimum Gasteiger partial charge on any atom is -0.273 e. The third-order valence-electron chi connectivity index (χ3n) is 1.33. The Balaban J connectivity index is 3.93. The van der Waals surface area contributed by atoms with E-state index in [1.807, 2.05) is 18.6 Å². The summed E-state index contributed by atoms with van der Waals surface area (Å²) in [4.78, 5) is 0. The molecule has 1 unspecified atom stereocenters. The third kappa shape index (κ3) is 4.72. The van der Waals surface area contributed by atoms with Crippen molar-refractivity contribution in [2.75, 3.05) is 0 Å². The average Bonchev–Trinajstić information content (AvgIpc) is 1.60. The van der Waals surface area contributed by atoms with E-state index >= 15 is 0 Å². The first-order chi connectivity index (χ1) is 4.33. The van der Waals surface area contributed by atoms with Crippen molar-refractivity contribution in [3.63, 3.8) is 0 Å². The lowest BCUT2D eigenvalue weighted by Gasteiger charge is -2.13. The summed E-state index contributed by atoms with van der Waals surface area (Å²) in [5.74, 6) is 0.182. The summed E-state index contributed by atoms with van der Waals surface area (Å²) in [5, 5.41) is 0. The molecule has 0 aliphatic heterocycles. The Morgan fingerprint density at radius 3 is 1.80 bits per heavy atom. The quantitative estimate of drug-likeness (QED) is 0.599. The third-order valence-corrected chi connectivity index (χ3v) is 2.00. The van der Waals surface area contributed by atoms with E-state index in [4.69, 9.17) is 4.55 Å². The lowest BCUT2D eigenvalue weighted by atomic mass is 10.1. The highest BCUT2D eigenvalue weighted by Crippen LogP contribution is 2.00. The van der Waals surface area contributed by atoms with Crippen molar-refractivity contribution >= 4 is 10.3 Å². The Morgan fingerprint density at radius 1 is 1.30 bits per heavy atom. The summed E-state index contributed by atoms with van der Waals surface area (Å²) in [6.07, 6.45) is 0. The lowest BCUT2D eigenvalue weighted by Crippen LogP contribution is -2.35. The average molecular weight is 167 g/mol. The molecule has 0 aromatic heterocycles. The van der Waals surface area contributed by atoms with Gasteiger partial charge in [0.15, 0.2) is 0 Å². The molecule has 0 radical (unpaired) electrons. The molecular weight excluding hydrogens is 154 g/mol. The fourth-order valence-electron chi connectivity index (χ4n) is 0.371. The molecule has 4 nitrogen and oxygen atoms in total. The molecule has 0 amide bonds. The van der Waals surface area contributed by atoms with Crippen LogP contribution < -0.4 is 4.72 Å². The summed E-state index contributed by atoms with van der Waals surface area (Å²) < 4.78 is 30.7. The van der Waals surface area contributed by atoms with Crippen molar-refractivity contribution in [3.05, 3.63) is 0 Å². The number of nitrogens with one attached hydrogen (secondary N) is 1. The molecular formula is C5H13NO3S. The molecule has 0 aromatic rings. The molecule has 0 bridgehead atoms. The van der Waals surface area contributed by atoms with E-state index in [1.54, 1.807) is 6.92 Å². The van der Waals surface area contributed by atoms with E-state index in [1.165, 1.54) is 0 Å². The molecule has 10 heavy (non-hydrogen) atoms. The molecule has 0 aliphatic carbocycles. The van der Waals surface area contributed by atoms with Crippen LogP contribution in [0.15, 0.2) is 0 Å². The molecule has 0 saturated heterocycles. The van der Waals surface area contributed by atoms with E-state index in [0.29, 0.717) is 0 Å². The van der Waals surface area contributed by atoms with Crippen molar-refractivity contribution in [1.82, 2.24) is 4.72 Å². The smallest absolute Gasteiger partial charge is 0.273 e. The molecule has 0 saturated carbocycles. The lowest BCUT2D eigenvalue weighted by molar-refractivity contribution is 0.424. The summed E-state index contributed by atoms with van der Waals surface area (Å²) in [5.41, 5.74) is 0. The number of hydrogen-bond acceptors (Lipinski definition) is 2. The van der Waals surface area contributed by atoms with Crippen molar-refractivity contribution in [2.24, 2.45) is 5.92 Å².